The van der Waals surface area contributed by atoms with Crippen molar-refractivity contribution in [1.29, 1.82) is 0 Å². The molecule has 77 heavy (non-hydrogen) atoms. The van der Waals surface area contributed by atoms with E-state index in [2.05, 4.69) is 257 Å². The number of fused-ring (bicyclic) bond motifs is 16. The van der Waals surface area contributed by atoms with Gasteiger partial charge in [0.1, 0.15) is 11.2 Å². The lowest BCUT2D eigenvalue weighted by Gasteiger charge is -2.30. The highest BCUT2D eigenvalue weighted by Crippen LogP contribution is 2.63. The van der Waals surface area contributed by atoms with Gasteiger partial charge in [-0.3, -0.25) is 0 Å². The summed E-state index contributed by atoms with van der Waals surface area (Å²) in [5.74, 6) is 0.702. The zero-order chi connectivity index (χ0) is 50.9. The van der Waals surface area contributed by atoms with E-state index in [-0.39, 0.29) is 5.41 Å². The molecule has 0 amide bonds. The van der Waals surface area contributed by atoms with Crippen molar-refractivity contribution < 1.29 is 4.42 Å². The van der Waals surface area contributed by atoms with Crippen LogP contribution in [0.5, 0.6) is 0 Å². The fourth-order valence-corrected chi connectivity index (χ4v) is 13.7. The molecule has 16 rings (SSSR count). The Bertz CT molecular complexity index is 4600. The average molecular weight is 981 g/mol. The second kappa shape index (κ2) is 16.7. The monoisotopic (exact) mass is 980 g/mol. The minimum absolute atomic E-state index is 0.366. The number of hydrogen-bond donors (Lipinski definition) is 0. The number of furan rings is 1. The predicted molar refractivity (Wildman–Crippen MR) is 316 cm³/mol. The van der Waals surface area contributed by atoms with Crippen molar-refractivity contribution >= 4 is 21.9 Å². The van der Waals surface area contributed by atoms with E-state index < -0.39 is 0 Å². The van der Waals surface area contributed by atoms with Crippen LogP contribution in [0.3, 0.4) is 0 Å². The quantitative estimate of drug-likeness (QED) is 0.167. The van der Waals surface area contributed by atoms with Crippen molar-refractivity contribution in [2.45, 2.75) is 25.7 Å². The maximum atomic E-state index is 6.75. The molecule has 0 fully saturated rings. The summed E-state index contributed by atoms with van der Waals surface area (Å²) in [6.45, 7) is 4.40. The molecule has 2 aromatic heterocycles. The summed E-state index contributed by atoms with van der Waals surface area (Å²) >= 11 is 0. The van der Waals surface area contributed by atoms with Gasteiger partial charge in [-0.25, -0.2) is 9.97 Å². The Kier molecular flexibility index (Phi) is 9.45. The second-order valence-corrected chi connectivity index (χ2v) is 21.2. The number of aryl methyl sites for hydroxylation is 2. The highest BCUT2D eigenvalue weighted by atomic mass is 16.3. The number of nitrogens with zero attached hydrogens (tertiary/aromatic N) is 2. The van der Waals surface area contributed by atoms with Gasteiger partial charge in [0.25, 0.3) is 0 Å². The van der Waals surface area contributed by atoms with Gasteiger partial charge in [-0.05, 0) is 168 Å². The molecule has 1 spiro atoms. The van der Waals surface area contributed by atoms with E-state index >= 15 is 0 Å². The summed E-state index contributed by atoms with van der Waals surface area (Å²) in [4.78, 5) is 11.1. The van der Waals surface area contributed by atoms with Crippen molar-refractivity contribution in [3.8, 4) is 101 Å². The van der Waals surface area contributed by atoms with Crippen LogP contribution in [-0.4, -0.2) is 9.97 Å². The van der Waals surface area contributed by atoms with E-state index in [0.29, 0.717) is 5.82 Å². The summed E-state index contributed by atoms with van der Waals surface area (Å²) < 4.78 is 6.75. The van der Waals surface area contributed by atoms with Crippen molar-refractivity contribution in [3.63, 3.8) is 0 Å². The molecule has 3 heteroatoms. The van der Waals surface area contributed by atoms with Gasteiger partial charge in [-0.1, -0.05) is 206 Å². The van der Waals surface area contributed by atoms with E-state index in [0.717, 1.165) is 67.6 Å². The third-order valence-corrected chi connectivity index (χ3v) is 17.0. The Morgan fingerprint density at radius 3 is 1.61 bits per heavy atom. The highest BCUT2D eigenvalue weighted by Gasteiger charge is 2.51. The average Bonchev–Trinajstić information content (AvgIpc) is 4.42. The van der Waals surface area contributed by atoms with Crippen LogP contribution in [-0.2, 0) is 11.8 Å². The zero-order valence-corrected chi connectivity index (χ0v) is 42.6. The van der Waals surface area contributed by atoms with Gasteiger partial charge in [-0.2, -0.15) is 0 Å². The van der Waals surface area contributed by atoms with Crippen molar-refractivity contribution in [3.05, 3.63) is 287 Å². The first kappa shape index (κ1) is 43.7. The first-order chi connectivity index (χ1) is 38.0. The van der Waals surface area contributed by atoms with Gasteiger partial charge in [0.2, 0.25) is 0 Å². The third-order valence-electron chi connectivity index (χ3n) is 17.0. The van der Waals surface area contributed by atoms with Crippen LogP contribution in [0.15, 0.2) is 247 Å². The van der Waals surface area contributed by atoms with Gasteiger partial charge in [0.05, 0.1) is 16.8 Å². The number of benzene rings is 11. The molecule has 3 aliphatic rings. The highest BCUT2D eigenvalue weighted by molar-refractivity contribution is 6.13. The molecular formula is C74H48N2O. The maximum absolute atomic E-state index is 6.75. The molecule has 3 aliphatic carbocycles. The normalized spacial score (nSPS) is 13.1. The van der Waals surface area contributed by atoms with E-state index in [1.807, 2.05) is 0 Å². The summed E-state index contributed by atoms with van der Waals surface area (Å²) in [5, 5.41) is 2.08. The molecular weight excluding hydrogens is 933 g/mol. The Hall–Kier alpha value is -9.70. The topological polar surface area (TPSA) is 38.9 Å². The van der Waals surface area contributed by atoms with Crippen molar-refractivity contribution in [2.75, 3.05) is 0 Å². The summed E-state index contributed by atoms with van der Waals surface area (Å²) in [6, 6.07) is 89.0. The van der Waals surface area contributed by atoms with Gasteiger partial charge >= 0.3 is 0 Å². The lowest BCUT2D eigenvalue weighted by Crippen LogP contribution is -2.25. The van der Waals surface area contributed by atoms with Crippen LogP contribution < -0.4 is 0 Å². The van der Waals surface area contributed by atoms with Crippen LogP contribution >= 0.6 is 0 Å². The fraction of sp³-hybridized carbons (Fsp3) is 0.0541. The Labute approximate surface area is 447 Å². The molecule has 2 heterocycles. The molecule has 0 atom stereocenters. The third kappa shape index (κ3) is 6.38. The summed E-state index contributed by atoms with van der Waals surface area (Å²) in [7, 11) is 0. The Morgan fingerprint density at radius 2 is 0.857 bits per heavy atom. The van der Waals surface area contributed by atoms with Crippen LogP contribution in [0.2, 0.25) is 0 Å². The summed E-state index contributed by atoms with van der Waals surface area (Å²) in [6.07, 6.45) is 0.889. The van der Waals surface area contributed by atoms with Crippen LogP contribution in [0.25, 0.3) is 123 Å². The number of rotatable bonds is 6. The Morgan fingerprint density at radius 1 is 0.338 bits per heavy atom. The van der Waals surface area contributed by atoms with E-state index in [4.69, 9.17) is 14.4 Å². The first-order valence-corrected chi connectivity index (χ1v) is 26.8. The lowest BCUT2D eigenvalue weighted by atomic mass is 9.70. The first-order valence-electron chi connectivity index (χ1n) is 26.8. The number of aromatic nitrogens is 2. The largest absolute Gasteiger partial charge is 0.456 e. The summed E-state index contributed by atoms with van der Waals surface area (Å²) in [5.41, 5.74) is 31.3. The Balaban J connectivity index is 0.845. The van der Waals surface area contributed by atoms with Crippen molar-refractivity contribution in [2.24, 2.45) is 0 Å². The zero-order valence-electron chi connectivity index (χ0n) is 42.6. The van der Waals surface area contributed by atoms with E-state index in [9.17, 15) is 0 Å². The molecule has 0 N–H and O–H groups in total. The number of hydrogen-bond acceptors (Lipinski definition) is 3. The van der Waals surface area contributed by atoms with Gasteiger partial charge in [-0.15, -0.1) is 0 Å². The van der Waals surface area contributed by atoms with Gasteiger partial charge in [0.15, 0.2) is 5.82 Å². The van der Waals surface area contributed by atoms with E-state index in [1.165, 1.54) is 100 Å². The van der Waals surface area contributed by atoms with Crippen LogP contribution in [0.1, 0.15) is 44.5 Å². The fourth-order valence-electron chi connectivity index (χ4n) is 13.7. The molecule has 0 bridgehead atoms. The molecule has 0 unspecified atom stereocenters. The maximum Gasteiger partial charge on any atom is 0.161 e. The van der Waals surface area contributed by atoms with Gasteiger partial charge < -0.3 is 4.42 Å². The predicted octanol–water partition coefficient (Wildman–Crippen LogP) is 18.9. The van der Waals surface area contributed by atoms with E-state index in [1.54, 1.807) is 0 Å². The molecule has 13 aromatic rings. The van der Waals surface area contributed by atoms with Crippen LogP contribution in [0, 0.1) is 13.8 Å². The minimum atomic E-state index is -0.366. The molecule has 3 nitrogen and oxygen atoms in total. The standard InChI is InChI=1S/C74H48N2O/c1-44-17-3-5-23-52(44)70-45(2)18-13-28-57(70)66-43-67(76-73(75-66)59-30-15-22-51-40-50-19-4-6-24-53(50)71(51)59)58-29-16-34-69-72(58)61-42-49(36-38-68(61)77-69)47-21-14-20-46(39-47)48-35-37-65-60(41-48)56-27-9-12-33-64(56)74(65)62-31-10-7-25-54(62)55-26-8-11-32-63(55)74/h3-39,41-43H,40H2,1-2H3. The molecule has 11 aromatic carbocycles. The molecule has 0 saturated carbocycles. The minimum Gasteiger partial charge on any atom is -0.456 e. The molecule has 0 radical (unpaired) electrons. The lowest BCUT2D eigenvalue weighted by molar-refractivity contribution is 0.669. The second-order valence-electron chi connectivity index (χ2n) is 21.2. The SMILES string of the molecule is Cc1ccccc1-c1c(C)cccc1-c1cc(-c2cccc3oc4ccc(-c5cccc(-c6ccc7c(c6)-c6ccccc6C76c7ccccc7-c7ccccc76)c5)cc4c23)nc(-c2cccc3c2-c2ccccc2C3)n1. The van der Waals surface area contributed by atoms with Crippen LogP contribution in [0.4, 0.5) is 0 Å². The van der Waals surface area contributed by atoms with Gasteiger partial charge in [0, 0.05) is 27.5 Å². The van der Waals surface area contributed by atoms with Crippen molar-refractivity contribution in [1.82, 2.24) is 9.97 Å². The molecule has 0 aliphatic heterocycles. The molecule has 360 valence electrons. The molecule has 0 saturated heterocycles. The smallest absolute Gasteiger partial charge is 0.161 e.